The van der Waals surface area contributed by atoms with Gasteiger partial charge in [0.2, 0.25) is 0 Å². The molecule has 2 aromatic heterocycles. The molecule has 0 aliphatic carbocycles. The van der Waals surface area contributed by atoms with E-state index in [0.717, 1.165) is 33.8 Å². The maximum Gasteiger partial charge on any atom is 0.270 e. The summed E-state index contributed by atoms with van der Waals surface area (Å²) in [6, 6.07) is 9.61. The number of benzene rings is 1. The molecule has 0 radical (unpaired) electrons. The number of hydrogen-bond acceptors (Lipinski definition) is 5. The first-order valence-electron chi connectivity index (χ1n) is 10.3. The Hall–Kier alpha value is -2.87. The third-order valence-corrected chi connectivity index (χ3v) is 6.18. The second-order valence-corrected chi connectivity index (χ2v) is 8.10. The van der Waals surface area contributed by atoms with E-state index in [1.807, 2.05) is 37.3 Å². The van der Waals surface area contributed by atoms with Crippen LogP contribution in [0, 0.1) is 6.92 Å². The molecule has 7 nitrogen and oxygen atoms in total. The molecule has 1 amide bonds. The number of aromatic nitrogens is 2. The third-order valence-electron chi connectivity index (χ3n) is 5.77. The number of nitrogens with zero attached hydrogens (tertiary/aromatic N) is 2. The fourth-order valence-corrected chi connectivity index (χ4v) is 4.18. The maximum atomic E-state index is 13.0. The summed E-state index contributed by atoms with van der Waals surface area (Å²) in [5.41, 5.74) is 5.99. The minimum atomic E-state index is -0.109. The minimum Gasteiger partial charge on any atom is -0.376 e. The standard InChI is InChI=1S/C23H23ClN4O3/c1-14-17(24)3-2-4-18(14)27-21-20(15-5-7-25-8-6-15)19(13-31-16-11-30-12-16)28-10-9-26-23(29)22(21)28/h2-8,16,27H,9-13H2,1H3,(H,26,29). The number of amides is 1. The van der Waals surface area contributed by atoms with E-state index in [0.29, 0.717) is 43.6 Å². The molecule has 1 aromatic carbocycles. The SMILES string of the molecule is Cc1c(Cl)cccc1Nc1c(-c2ccncc2)c(COC2COC2)n2c1C(=O)NCC2. The van der Waals surface area contributed by atoms with Crippen LogP contribution in [0.2, 0.25) is 5.02 Å². The highest BCUT2D eigenvalue weighted by atomic mass is 35.5. The quantitative estimate of drug-likeness (QED) is 0.610. The summed E-state index contributed by atoms with van der Waals surface area (Å²) >= 11 is 6.36. The molecule has 0 unspecified atom stereocenters. The van der Waals surface area contributed by atoms with Crippen LogP contribution in [0.5, 0.6) is 0 Å². The van der Waals surface area contributed by atoms with E-state index in [4.69, 9.17) is 21.1 Å². The Balaban J connectivity index is 1.68. The first-order valence-corrected chi connectivity index (χ1v) is 10.7. The van der Waals surface area contributed by atoms with Crippen LogP contribution in [-0.2, 0) is 22.6 Å². The molecule has 1 saturated heterocycles. The Morgan fingerprint density at radius 3 is 2.84 bits per heavy atom. The number of ether oxygens (including phenoxy) is 2. The van der Waals surface area contributed by atoms with Crippen LogP contribution in [0.15, 0.2) is 42.7 Å². The Bertz CT molecular complexity index is 1130. The second kappa shape index (κ2) is 8.34. The number of carbonyl (C=O) groups is 1. The Morgan fingerprint density at radius 2 is 2.10 bits per heavy atom. The van der Waals surface area contributed by atoms with E-state index in [1.165, 1.54) is 0 Å². The lowest BCUT2D eigenvalue weighted by Gasteiger charge is -2.27. The smallest absolute Gasteiger partial charge is 0.270 e. The average Bonchev–Trinajstić information content (AvgIpc) is 3.05. The van der Waals surface area contributed by atoms with Gasteiger partial charge in [-0.1, -0.05) is 17.7 Å². The fourth-order valence-electron chi connectivity index (χ4n) is 4.00. The van der Waals surface area contributed by atoms with E-state index < -0.39 is 0 Å². The number of anilines is 2. The van der Waals surface area contributed by atoms with Crippen LogP contribution < -0.4 is 10.6 Å². The Kier molecular flexibility index (Phi) is 5.40. The van der Waals surface area contributed by atoms with Crippen molar-refractivity contribution in [1.82, 2.24) is 14.9 Å². The first-order chi connectivity index (χ1) is 15.1. The van der Waals surface area contributed by atoms with Gasteiger partial charge in [0.05, 0.1) is 31.2 Å². The lowest BCUT2D eigenvalue weighted by atomic mass is 10.0. The van der Waals surface area contributed by atoms with Crippen molar-refractivity contribution in [3.63, 3.8) is 0 Å². The highest BCUT2D eigenvalue weighted by molar-refractivity contribution is 6.31. The normalized spacial score (nSPS) is 15.9. The van der Waals surface area contributed by atoms with Gasteiger partial charge in [-0.3, -0.25) is 9.78 Å². The van der Waals surface area contributed by atoms with Gasteiger partial charge in [-0.2, -0.15) is 0 Å². The highest BCUT2D eigenvalue weighted by Gasteiger charge is 2.31. The van der Waals surface area contributed by atoms with Crippen molar-refractivity contribution in [3.8, 4) is 11.1 Å². The van der Waals surface area contributed by atoms with E-state index in [9.17, 15) is 4.79 Å². The predicted molar refractivity (Wildman–Crippen MR) is 119 cm³/mol. The van der Waals surface area contributed by atoms with Crippen LogP contribution in [0.3, 0.4) is 0 Å². The van der Waals surface area contributed by atoms with Crippen LogP contribution in [0.4, 0.5) is 11.4 Å². The number of rotatable bonds is 6. The van der Waals surface area contributed by atoms with Crippen molar-refractivity contribution in [2.45, 2.75) is 26.2 Å². The van der Waals surface area contributed by atoms with Crippen molar-refractivity contribution in [1.29, 1.82) is 0 Å². The van der Waals surface area contributed by atoms with Crippen LogP contribution in [0.25, 0.3) is 11.1 Å². The molecule has 0 saturated carbocycles. The van der Waals surface area contributed by atoms with Crippen LogP contribution in [0.1, 0.15) is 21.7 Å². The lowest BCUT2D eigenvalue weighted by Crippen LogP contribution is -2.37. The monoisotopic (exact) mass is 438 g/mol. The predicted octanol–water partition coefficient (Wildman–Crippen LogP) is 3.91. The summed E-state index contributed by atoms with van der Waals surface area (Å²) < 4.78 is 13.4. The number of hydrogen-bond donors (Lipinski definition) is 2. The number of halogens is 1. The van der Waals surface area contributed by atoms with Gasteiger partial charge in [-0.25, -0.2) is 0 Å². The number of nitrogens with one attached hydrogen (secondary N) is 2. The summed E-state index contributed by atoms with van der Waals surface area (Å²) in [6.07, 6.45) is 3.59. The number of pyridine rings is 1. The number of carbonyl (C=O) groups excluding carboxylic acids is 1. The molecule has 3 aromatic rings. The van der Waals surface area contributed by atoms with Gasteiger partial charge in [0.1, 0.15) is 11.8 Å². The summed E-state index contributed by atoms with van der Waals surface area (Å²) in [6.45, 7) is 4.81. The molecular formula is C23H23ClN4O3. The first kappa shape index (κ1) is 20.1. The van der Waals surface area contributed by atoms with Gasteiger partial charge in [0, 0.05) is 41.8 Å². The average molecular weight is 439 g/mol. The maximum absolute atomic E-state index is 13.0. The second-order valence-electron chi connectivity index (χ2n) is 7.70. The van der Waals surface area contributed by atoms with E-state index in [2.05, 4.69) is 20.2 Å². The molecule has 1 fully saturated rings. The van der Waals surface area contributed by atoms with Crippen molar-refractivity contribution in [2.75, 3.05) is 25.1 Å². The topological polar surface area (TPSA) is 77.4 Å². The molecule has 160 valence electrons. The molecule has 2 N–H and O–H groups in total. The van der Waals surface area contributed by atoms with Crippen LogP contribution in [-0.4, -0.2) is 41.3 Å². The molecule has 0 atom stereocenters. The molecule has 2 aliphatic heterocycles. The minimum absolute atomic E-state index is 0.0837. The van der Waals surface area contributed by atoms with Crippen molar-refractivity contribution >= 4 is 28.9 Å². The summed E-state index contributed by atoms with van der Waals surface area (Å²) in [5, 5.41) is 7.15. The van der Waals surface area contributed by atoms with Crippen molar-refractivity contribution in [3.05, 3.63) is 64.7 Å². The largest absolute Gasteiger partial charge is 0.376 e. The highest BCUT2D eigenvalue weighted by Crippen LogP contribution is 2.41. The zero-order chi connectivity index (χ0) is 21.4. The third kappa shape index (κ3) is 3.69. The van der Waals surface area contributed by atoms with Gasteiger partial charge in [0.25, 0.3) is 5.91 Å². The molecular weight excluding hydrogens is 416 g/mol. The van der Waals surface area contributed by atoms with Gasteiger partial charge in [-0.15, -0.1) is 0 Å². The zero-order valence-corrected chi connectivity index (χ0v) is 17.9. The summed E-state index contributed by atoms with van der Waals surface area (Å²) in [4.78, 5) is 17.1. The van der Waals surface area contributed by atoms with E-state index in [1.54, 1.807) is 12.4 Å². The van der Waals surface area contributed by atoms with Crippen LogP contribution >= 0.6 is 11.6 Å². The van der Waals surface area contributed by atoms with Crippen molar-refractivity contribution in [2.24, 2.45) is 0 Å². The molecule has 31 heavy (non-hydrogen) atoms. The zero-order valence-electron chi connectivity index (χ0n) is 17.2. The van der Waals surface area contributed by atoms with Gasteiger partial charge >= 0.3 is 0 Å². The lowest BCUT2D eigenvalue weighted by molar-refractivity contribution is -0.136. The summed E-state index contributed by atoms with van der Waals surface area (Å²) in [5.74, 6) is -0.109. The van der Waals surface area contributed by atoms with Crippen molar-refractivity contribution < 1.29 is 14.3 Å². The number of fused-ring (bicyclic) bond motifs is 1. The molecule has 2 aliphatic rings. The van der Waals surface area contributed by atoms with Gasteiger partial charge in [-0.05, 0) is 42.3 Å². The Morgan fingerprint density at radius 1 is 1.29 bits per heavy atom. The summed E-state index contributed by atoms with van der Waals surface area (Å²) in [7, 11) is 0. The Labute approximate surface area is 185 Å². The molecule has 8 heteroatoms. The molecule has 5 rings (SSSR count). The van der Waals surface area contributed by atoms with Gasteiger partial charge in [0.15, 0.2) is 0 Å². The molecule has 4 heterocycles. The van der Waals surface area contributed by atoms with E-state index in [-0.39, 0.29) is 12.0 Å². The molecule has 0 spiro atoms. The van der Waals surface area contributed by atoms with Gasteiger partial charge < -0.3 is 24.7 Å². The van der Waals surface area contributed by atoms with E-state index >= 15 is 0 Å². The molecule has 0 bridgehead atoms. The fraction of sp³-hybridized carbons (Fsp3) is 0.304.